The number of rotatable bonds is 4. The highest BCUT2D eigenvalue weighted by Crippen LogP contribution is 2.15. The smallest absolute Gasteiger partial charge is 0.337 e. The van der Waals surface area contributed by atoms with Gasteiger partial charge in [0.05, 0.1) is 5.56 Å². The lowest BCUT2D eigenvalue weighted by atomic mass is 10.2. The Morgan fingerprint density at radius 1 is 1.25 bits per heavy atom. The number of halogens is 2. The fraction of sp³-hybridized carbons (Fsp3) is 0.143. The van der Waals surface area contributed by atoms with Gasteiger partial charge in [0, 0.05) is 25.9 Å². The van der Waals surface area contributed by atoms with E-state index in [-0.39, 0.29) is 12.1 Å². The summed E-state index contributed by atoms with van der Waals surface area (Å²) in [6.07, 6.45) is 1.24. The molecule has 0 saturated heterocycles. The van der Waals surface area contributed by atoms with Gasteiger partial charge in [0.15, 0.2) is 0 Å². The van der Waals surface area contributed by atoms with E-state index in [1.54, 1.807) is 18.0 Å². The summed E-state index contributed by atoms with van der Waals surface area (Å²) in [6, 6.07) is 6.26. The standard InChI is InChI=1S/C14H12F2N2O2/c1-18(8-9-4-11(15)6-12(16)5-9)13-3-2-10(7-17-13)14(19)20/h2-7H,8H2,1H3,(H,19,20). The topological polar surface area (TPSA) is 53.4 Å². The predicted octanol–water partition coefficient (Wildman–Crippen LogP) is 2.69. The highest BCUT2D eigenvalue weighted by Gasteiger charge is 2.08. The third kappa shape index (κ3) is 3.28. The molecule has 0 spiro atoms. The van der Waals surface area contributed by atoms with Gasteiger partial charge in [-0.05, 0) is 29.8 Å². The van der Waals surface area contributed by atoms with Crippen LogP contribution >= 0.6 is 0 Å². The van der Waals surface area contributed by atoms with Crippen LogP contribution in [0.1, 0.15) is 15.9 Å². The molecule has 0 unspecified atom stereocenters. The second kappa shape index (κ2) is 5.64. The lowest BCUT2D eigenvalue weighted by molar-refractivity contribution is 0.0696. The maximum absolute atomic E-state index is 13.1. The Morgan fingerprint density at radius 3 is 2.40 bits per heavy atom. The van der Waals surface area contributed by atoms with Crippen LogP contribution in [0.3, 0.4) is 0 Å². The highest BCUT2D eigenvalue weighted by atomic mass is 19.1. The number of pyridine rings is 1. The quantitative estimate of drug-likeness (QED) is 0.934. The van der Waals surface area contributed by atoms with Gasteiger partial charge < -0.3 is 10.0 Å². The monoisotopic (exact) mass is 278 g/mol. The van der Waals surface area contributed by atoms with Crippen LogP contribution < -0.4 is 4.90 Å². The number of hydrogen-bond donors (Lipinski definition) is 1. The molecule has 0 amide bonds. The van der Waals surface area contributed by atoms with Crippen molar-refractivity contribution in [3.8, 4) is 0 Å². The fourth-order valence-corrected chi connectivity index (χ4v) is 1.80. The Balaban J connectivity index is 2.14. The SMILES string of the molecule is CN(Cc1cc(F)cc(F)c1)c1ccc(C(=O)O)cn1. The van der Waals surface area contributed by atoms with Crippen molar-refractivity contribution in [3.63, 3.8) is 0 Å². The summed E-state index contributed by atoms with van der Waals surface area (Å²) in [5.74, 6) is -1.82. The van der Waals surface area contributed by atoms with Gasteiger partial charge in [-0.15, -0.1) is 0 Å². The number of carboxylic acid groups (broad SMARTS) is 1. The van der Waals surface area contributed by atoms with Crippen molar-refractivity contribution < 1.29 is 18.7 Å². The van der Waals surface area contributed by atoms with Gasteiger partial charge in [-0.1, -0.05) is 0 Å². The summed E-state index contributed by atoms with van der Waals surface area (Å²) in [7, 11) is 1.70. The van der Waals surface area contributed by atoms with E-state index in [2.05, 4.69) is 4.98 Å². The molecule has 0 atom stereocenters. The number of carbonyl (C=O) groups is 1. The first-order valence-electron chi connectivity index (χ1n) is 5.81. The van der Waals surface area contributed by atoms with Crippen LogP contribution in [-0.4, -0.2) is 23.1 Å². The summed E-state index contributed by atoms with van der Waals surface area (Å²) in [6.45, 7) is 0.258. The van der Waals surface area contributed by atoms with Crippen molar-refractivity contribution in [1.82, 2.24) is 4.98 Å². The minimum Gasteiger partial charge on any atom is -0.478 e. The minimum atomic E-state index is -1.06. The Morgan fingerprint density at radius 2 is 1.90 bits per heavy atom. The minimum absolute atomic E-state index is 0.0824. The first-order valence-corrected chi connectivity index (χ1v) is 5.81. The Hall–Kier alpha value is -2.50. The number of anilines is 1. The van der Waals surface area contributed by atoms with Crippen molar-refractivity contribution in [1.29, 1.82) is 0 Å². The summed E-state index contributed by atoms with van der Waals surface area (Å²) in [5, 5.41) is 8.77. The van der Waals surface area contributed by atoms with Crippen molar-refractivity contribution in [2.45, 2.75) is 6.54 Å². The molecule has 0 fully saturated rings. The average molecular weight is 278 g/mol. The van der Waals surface area contributed by atoms with Crippen LogP contribution in [0.4, 0.5) is 14.6 Å². The fourth-order valence-electron chi connectivity index (χ4n) is 1.80. The molecule has 1 aromatic heterocycles. The molecule has 2 aromatic rings. The first kappa shape index (κ1) is 13.9. The molecule has 0 aliphatic carbocycles. The van der Waals surface area contributed by atoms with Crippen molar-refractivity contribution in [2.24, 2.45) is 0 Å². The Kier molecular flexibility index (Phi) is 3.93. The molecule has 1 N–H and O–H groups in total. The molecular weight excluding hydrogens is 266 g/mol. The molecule has 0 radical (unpaired) electrons. The molecule has 0 aliphatic rings. The summed E-state index contributed by atoms with van der Waals surface area (Å²) >= 11 is 0. The highest BCUT2D eigenvalue weighted by molar-refractivity contribution is 5.87. The van der Waals surface area contributed by atoms with Crippen LogP contribution in [0, 0.1) is 11.6 Å². The number of benzene rings is 1. The summed E-state index contributed by atoms with van der Waals surface area (Å²) < 4.78 is 26.2. The zero-order valence-corrected chi connectivity index (χ0v) is 10.7. The van der Waals surface area contributed by atoms with E-state index in [4.69, 9.17) is 5.11 Å². The van der Waals surface area contributed by atoms with E-state index in [0.717, 1.165) is 6.07 Å². The third-order valence-electron chi connectivity index (χ3n) is 2.73. The average Bonchev–Trinajstić information content (AvgIpc) is 2.37. The van der Waals surface area contributed by atoms with Gasteiger partial charge in [-0.2, -0.15) is 0 Å². The van der Waals surface area contributed by atoms with Gasteiger partial charge in [-0.25, -0.2) is 18.6 Å². The molecule has 2 rings (SSSR count). The third-order valence-corrected chi connectivity index (χ3v) is 2.73. The molecule has 0 bridgehead atoms. The lowest BCUT2D eigenvalue weighted by Gasteiger charge is -2.18. The molecular formula is C14H12F2N2O2. The van der Waals surface area contributed by atoms with Crippen molar-refractivity contribution in [3.05, 3.63) is 59.3 Å². The zero-order chi connectivity index (χ0) is 14.7. The van der Waals surface area contributed by atoms with Crippen molar-refractivity contribution >= 4 is 11.8 Å². The second-order valence-corrected chi connectivity index (χ2v) is 4.34. The van der Waals surface area contributed by atoms with Crippen LogP contribution in [0.5, 0.6) is 0 Å². The number of carboxylic acids is 1. The van der Waals surface area contributed by atoms with Crippen LogP contribution in [0.2, 0.25) is 0 Å². The van der Waals surface area contributed by atoms with Gasteiger partial charge in [-0.3, -0.25) is 0 Å². The molecule has 1 aromatic carbocycles. The maximum atomic E-state index is 13.1. The van der Waals surface area contributed by atoms with Gasteiger partial charge in [0.25, 0.3) is 0 Å². The van der Waals surface area contributed by atoms with E-state index in [9.17, 15) is 13.6 Å². The second-order valence-electron chi connectivity index (χ2n) is 4.34. The molecule has 0 saturated carbocycles. The number of aromatic nitrogens is 1. The van der Waals surface area contributed by atoms with Gasteiger partial charge in [0.1, 0.15) is 17.5 Å². The van der Waals surface area contributed by atoms with E-state index in [0.29, 0.717) is 11.4 Å². The molecule has 1 heterocycles. The first-order chi connectivity index (χ1) is 9.45. The van der Waals surface area contributed by atoms with E-state index < -0.39 is 17.6 Å². The number of aromatic carboxylic acids is 1. The molecule has 6 heteroatoms. The van der Waals surface area contributed by atoms with Crippen LogP contribution in [0.15, 0.2) is 36.5 Å². The molecule has 104 valence electrons. The molecule has 20 heavy (non-hydrogen) atoms. The van der Waals surface area contributed by atoms with Crippen LogP contribution in [-0.2, 0) is 6.54 Å². The predicted molar refractivity (Wildman–Crippen MR) is 69.7 cm³/mol. The molecule has 4 nitrogen and oxygen atoms in total. The Labute approximate surface area is 114 Å². The summed E-state index contributed by atoms with van der Waals surface area (Å²) in [4.78, 5) is 16.4. The zero-order valence-electron chi connectivity index (χ0n) is 10.7. The Bertz CT molecular complexity index is 609. The maximum Gasteiger partial charge on any atom is 0.337 e. The van der Waals surface area contributed by atoms with Gasteiger partial charge in [0.2, 0.25) is 0 Å². The van der Waals surface area contributed by atoms with Gasteiger partial charge >= 0.3 is 5.97 Å². The number of nitrogens with zero attached hydrogens (tertiary/aromatic N) is 2. The summed E-state index contributed by atoms with van der Waals surface area (Å²) in [5.41, 5.74) is 0.549. The number of hydrogen-bond acceptors (Lipinski definition) is 3. The van der Waals surface area contributed by atoms with E-state index in [1.165, 1.54) is 24.4 Å². The largest absolute Gasteiger partial charge is 0.478 e. The normalized spacial score (nSPS) is 10.3. The van der Waals surface area contributed by atoms with Crippen LogP contribution in [0.25, 0.3) is 0 Å². The lowest BCUT2D eigenvalue weighted by Crippen LogP contribution is -2.18. The molecule has 0 aliphatic heterocycles. The van der Waals surface area contributed by atoms with E-state index >= 15 is 0 Å². The van der Waals surface area contributed by atoms with Crippen molar-refractivity contribution in [2.75, 3.05) is 11.9 Å². The van der Waals surface area contributed by atoms with E-state index in [1.807, 2.05) is 0 Å².